The second-order valence-electron chi connectivity index (χ2n) is 6.39. The number of hydrogen-bond acceptors (Lipinski definition) is 1. The van der Waals surface area contributed by atoms with Gasteiger partial charge in [0.2, 0.25) is 0 Å². The minimum absolute atomic E-state index is 0.270. The highest BCUT2D eigenvalue weighted by atomic mass is 32.2. The summed E-state index contributed by atoms with van der Waals surface area (Å²) >= 11 is 0. The standard InChI is InChI=1S/C16H29NOS/c1-4-16(5-2)10-12-17(13-11-16)19(18)15-8-6-14(3)7-9-15/h6,8,14-15H,4-5,7,9-13H2,1-3H3. The average molecular weight is 283 g/mol. The summed E-state index contributed by atoms with van der Waals surface area (Å²) in [5, 5.41) is 0.270. The van der Waals surface area contributed by atoms with E-state index in [1.54, 1.807) is 0 Å². The molecule has 2 nitrogen and oxygen atoms in total. The van der Waals surface area contributed by atoms with Crippen LogP contribution in [0.2, 0.25) is 0 Å². The van der Waals surface area contributed by atoms with Crippen LogP contribution in [0.3, 0.4) is 0 Å². The third-order valence-corrected chi connectivity index (χ3v) is 7.14. The number of rotatable bonds is 4. The molecule has 19 heavy (non-hydrogen) atoms. The SMILES string of the molecule is CCC1(CC)CCN(S(=O)C2C=CC(C)CC2)CC1. The molecule has 3 unspecified atom stereocenters. The van der Waals surface area contributed by atoms with E-state index >= 15 is 0 Å². The molecule has 110 valence electrons. The number of piperidine rings is 1. The zero-order chi connectivity index (χ0) is 13.9. The molecule has 0 spiro atoms. The van der Waals surface area contributed by atoms with Crippen molar-refractivity contribution in [2.24, 2.45) is 11.3 Å². The first-order valence-electron chi connectivity index (χ1n) is 7.94. The highest BCUT2D eigenvalue weighted by Gasteiger charge is 2.34. The van der Waals surface area contributed by atoms with E-state index in [2.05, 4.69) is 37.2 Å². The molecule has 3 atom stereocenters. The molecule has 1 fully saturated rings. The van der Waals surface area contributed by atoms with Gasteiger partial charge in [-0.05, 0) is 37.0 Å². The highest BCUT2D eigenvalue weighted by Crippen LogP contribution is 2.38. The monoisotopic (exact) mass is 283 g/mol. The highest BCUT2D eigenvalue weighted by molar-refractivity contribution is 7.83. The summed E-state index contributed by atoms with van der Waals surface area (Å²) in [7, 11) is -0.798. The molecule has 1 saturated heterocycles. The third kappa shape index (κ3) is 3.49. The Bertz CT molecular complexity index is 339. The van der Waals surface area contributed by atoms with Crippen LogP contribution in [0.5, 0.6) is 0 Å². The van der Waals surface area contributed by atoms with Gasteiger partial charge >= 0.3 is 0 Å². The molecular formula is C16H29NOS. The Hall–Kier alpha value is -0.150. The third-order valence-electron chi connectivity index (χ3n) is 5.36. The Balaban J connectivity index is 1.91. The lowest BCUT2D eigenvalue weighted by atomic mass is 9.75. The Kier molecular flexibility index (Phi) is 5.24. The van der Waals surface area contributed by atoms with E-state index in [0.717, 1.165) is 19.5 Å². The molecule has 0 aromatic carbocycles. The Morgan fingerprint density at radius 2 is 1.79 bits per heavy atom. The average Bonchev–Trinajstić information content (AvgIpc) is 2.47. The van der Waals surface area contributed by atoms with Crippen LogP contribution in [-0.2, 0) is 11.0 Å². The van der Waals surface area contributed by atoms with Gasteiger partial charge in [-0.15, -0.1) is 0 Å². The van der Waals surface area contributed by atoms with Crippen molar-refractivity contribution in [3.8, 4) is 0 Å². The maximum atomic E-state index is 12.6. The summed E-state index contributed by atoms with van der Waals surface area (Å²) in [6.07, 6.45) is 11.7. The van der Waals surface area contributed by atoms with Gasteiger partial charge in [-0.1, -0.05) is 45.8 Å². The van der Waals surface area contributed by atoms with Gasteiger partial charge in [0.15, 0.2) is 0 Å². The molecule has 0 aromatic heterocycles. The Morgan fingerprint density at radius 1 is 1.16 bits per heavy atom. The second kappa shape index (κ2) is 6.53. The molecule has 1 aliphatic heterocycles. The van der Waals surface area contributed by atoms with Crippen LogP contribution in [0.15, 0.2) is 12.2 Å². The first kappa shape index (κ1) is 15.2. The van der Waals surface area contributed by atoms with Gasteiger partial charge in [-0.25, -0.2) is 8.51 Å². The van der Waals surface area contributed by atoms with Crippen LogP contribution in [0.25, 0.3) is 0 Å². The summed E-state index contributed by atoms with van der Waals surface area (Å²) in [4.78, 5) is 0. The zero-order valence-electron chi connectivity index (χ0n) is 12.7. The number of allylic oxidation sites excluding steroid dienone is 1. The van der Waals surface area contributed by atoms with Crippen molar-refractivity contribution in [2.45, 2.75) is 64.5 Å². The number of hydrogen-bond donors (Lipinski definition) is 0. The summed E-state index contributed by atoms with van der Waals surface area (Å²) in [6.45, 7) is 8.90. The largest absolute Gasteiger partial charge is 0.242 e. The molecule has 1 aliphatic carbocycles. The molecule has 0 radical (unpaired) electrons. The smallest absolute Gasteiger partial charge is 0.101 e. The maximum Gasteiger partial charge on any atom is 0.101 e. The zero-order valence-corrected chi connectivity index (χ0v) is 13.5. The molecule has 0 saturated carbocycles. The van der Waals surface area contributed by atoms with E-state index in [1.807, 2.05) is 0 Å². The summed E-state index contributed by atoms with van der Waals surface area (Å²) in [5.41, 5.74) is 0.525. The number of nitrogens with zero attached hydrogens (tertiary/aromatic N) is 1. The van der Waals surface area contributed by atoms with E-state index in [-0.39, 0.29) is 5.25 Å². The van der Waals surface area contributed by atoms with Gasteiger partial charge in [0, 0.05) is 13.1 Å². The molecule has 0 N–H and O–H groups in total. The van der Waals surface area contributed by atoms with E-state index in [1.165, 1.54) is 32.1 Å². The topological polar surface area (TPSA) is 20.3 Å². The van der Waals surface area contributed by atoms with Crippen LogP contribution in [0.4, 0.5) is 0 Å². The molecule has 0 aromatic rings. The van der Waals surface area contributed by atoms with Gasteiger partial charge in [0.1, 0.15) is 11.0 Å². The Labute approximate surface area is 121 Å². The van der Waals surface area contributed by atoms with Gasteiger partial charge < -0.3 is 0 Å². The fourth-order valence-electron chi connectivity index (χ4n) is 3.39. The van der Waals surface area contributed by atoms with E-state index in [0.29, 0.717) is 11.3 Å². The van der Waals surface area contributed by atoms with Crippen molar-refractivity contribution in [3.63, 3.8) is 0 Å². The fraction of sp³-hybridized carbons (Fsp3) is 0.875. The van der Waals surface area contributed by atoms with Crippen LogP contribution in [0.1, 0.15) is 59.3 Å². The predicted molar refractivity (Wildman–Crippen MR) is 83.3 cm³/mol. The van der Waals surface area contributed by atoms with Crippen molar-refractivity contribution in [2.75, 3.05) is 13.1 Å². The lowest BCUT2D eigenvalue weighted by molar-refractivity contribution is 0.144. The van der Waals surface area contributed by atoms with E-state index in [9.17, 15) is 4.21 Å². The van der Waals surface area contributed by atoms with Gasteiger partial charge in [0.25, 0.3) is 0 Å². The molecular weight excluding hydrogens is 254 g/mol. The predicted octanol–water partition coefficient (Wildman–Crippen LogP) is 3.91. The maximum absolute atomic E-state index is 12.6. The summed E-state index contributed by atoms with van der Waals surface area (Å²) in [6, 6.07) is 0. The van der Waals surface area contributed by atoms with Crippen LogP contribution >= 0.6 is 0 Å². The second-order valence-corrected chi connectivity index (χ2v) is 8.06. The van der Waals surface area contributed by atoms with Crippen LogP contribution < -0.4 is 0 Å². The van der Waals surface area contributed by atoms with Gasteiger partial charge in [0.05, 0.1) is 5.25 Å². The molecule has 2 aliphatic rings. The van der Waals surface area contributed by atoms with Gasteiger partial charge in [-0.3, -0.25) is 0 Å². The first-order valence-corrected chi connectivity index (χ1v) is 9.11. The van der Waals surface area contributed by atoms with Crippen LogP contribution in [0, 0.1) is 11.3 Å². The molecule has 0 amide bonds. The van der Waals surface area contributed by atoms with E-state index in [4.69, 9.17) is 0 Å². The van der Waals surface area contributed by atoms with Gasteiger partial charge in [-0.2, -0.15) is 0 Å². The minimum atomic E-state index is -0.798. The van der Waals surface area contributed by atoms with Crippen molar-refractivity contribution in [3.05, 3.63) is 12.2 Å². The fourth-order valence-corrected chi connectivity index (χ4v) is 4.88. The van der Waals surface area contributed by atoms with Crippen molar-refractivity contribution in [1.82, 2.24) is 4.31 Å². The van der Waals surface area contributed by atoms with Crippen LogP contribution in [-0.4, -0.2) is 26.9 Å². The normalized spacial score (nSPS) is 33.2. The lowest BCUT2D eigenvalue weighted by Gasteiger charge is -2.41. The molecule has 1 heterocycles. The first-order chi connectivity index (χ1) is 9.10. The molecule has 3 heteroatoms. The van der Waals surface area contributed by atoms with Crippen molar-refractivity contribution < 1.29 is 4.21 Å². The lowest BCUT2D eigenvalue weighted by Crippen LogP contribution is -2.43. The van der Waals surface area contributed by atoms with Crippen molar-refractivity contribution >= 4 is 11.0 Å². The van der Waals surface area contributed by atoms with Crippen molar-refractivity contribution in [1.29, 1.82) is 0 Å². The van der Waals surface area contributed by atoms with E-state index < -0.39 is 11.0 Å². The Morgan fingerprint density at radius 3 is 2.26 bits per heavy atom. The summed E-state index contributed by atoms with van der Waals surface area (Å²) < 4.78 is 14.9. The minimum Gasteiger partial charge on any atom is -0.242 e. The summed E-state index contributed by atoms with van der Waals surface area (Å²) in [5.74, 6) is 0.669. The quantitative estimate of drug-likeness (QED) is 0.716. The molecule has 0 bridgehead atoms. The molecule has 2 rings (SSSR count).